The largest absolute Gasteiger partial charge is 0.460 e. The fraction of sp³-hybridized carbons (Fsp3) is 0.949. The van der Waals surface area contributed by atoms with Gasteiger partial charge in [0.15, 0.2) is 0 Å². The van der Waals surface area contributed by atoms with Crippen molar-refractivity contribution in [1.82, 2.24) is 0 Å². The van der Waals surface area contributed by atoms with Crippen LogP contribution in [-0.2, 0) is 128 Å². The van der Waals surface area contributed by atoms with E-state index in [-0.39, 0.29) is 6.61 Å². The van der Waals surface area contributed by atoms with Gasteiger partial charge in [0.2, 0.25) is 0 Å². The second-order valence-electron chi connectivity index (χ2n) is 17.9. The van der Waals surface area contributed by atoms with Crippen LogP contribution in [0.2, 0.25) is 0 Å². The van der Waals surface area contributed by atoms with Crippen LogP contribution in [0.4, 0.5) is 0 Å². The maximum absolute atomic E-state index is 11.2. The first-order chi connectivity index (χ1) is 42.7. The molecular formula is C59H116O27. The molecule has 0 N–H and O–H groups in total. The number of hydrogen-bond acceptors (Lipinski definition) is 27. The number of esters is 1. The molecule has 0 aromatic carbocycles. The Bertz CT molecular complexity index is 1270. The van der Waals surface area contributed by atoms with Gasteiger partial charge in [0.1, 0.15) is 6.61 Å². The molecule has 0 aromatic heterocycles. The molecule has 514 valence electrons. The minimum Gasteiger partial charge on any atom is -0.460 e. The van der Waals surface area contributed by atoms with E-state index in [0.717, 1.165) is 13.0 Å². The topological polar surface area (TPSA) is 257 Å². The van der Waals surface area contributed by atoms with E-state index in [9.17, 15) is 4.79 Å². The molecule has 0 heterocycles. The van der Waals surface area contributed by atoms with Crippen LogP contribution < -0.4 is 0 Å². The summed E-state index contributed by atoms with van der Waals surface area (Å²) in [5, 5.41) is 0. The average molecular weight is 1260 g/mol. The summed E-state index contributed by atoms with van der Waals surface area (Å²) in [5.41, 5.74) is 0.364. The average Bonchev–Trinajstić information content (AvgIpc) is 3.51. The Hall–Kier alpha value is -1.79. The van der Waals surface area contributed by atoms with Crippen LogP contribution in [0.15, 0.2) is 12.2 Å². The molecule has 0 aromatic rings. The van der Waals surface area contributed by atoms with Gasteiger partial charge in [-0.05, 0) is 13.3 Å². The molecule has 0 aliphatic rings. The van der Waals surface area contributed by atoms with Gasteiger partial charge >= 0.3 is 5.97 Å². The van der Waals surface area contributed by atoms with Gasteiger partial charge in [0.05, 0.1) is 324 Å². The zero-order valence-corrected chi connectivity index (χ0v) is 52.9. The molecule has 27 nitrogen and oxygen atoms in total. The van der Waals surface area contributed by atoms with Crippen molar-refractivity contribution in [1.29, 1.82) is 0 Å². The lowest BCUT2D eigenvalue weighted by Gasteiger charge is -2.09. The number of carbonyl (C=O) groups excluding carboxylic acids is 1. The molecule has 0 aliphatic carbocycles. The minimum absolute atomic E-state index is 0.190. The highest BCUT2D eigenvalue weighted by atomic mass is 16.6. The van der Waals surface area contributed by atoms with Gasteiger partial charge < -0.3 is 123 Å². The standard InChI is InChI=1S/C59H116O27/c1-4-5-6-7-61-8-9-62-10-11-63-12-13-64-14-15-65-16-17-66-18-19-67-20-21-68-22-23-69-24-25-70-26-27-71-28-29-72-30-31-73-32-33-74-34-35-75-36-37-76-38-39-77-40-41-78-42-43-79-44-45-80-46-47-81-48-49-82-50-51-83-52-53-84-54-55-85-56-57-86-59(60)58(2)3/h2,4-57H2,1,3H3. The Balaban J connectivity index is 3.09. The molecule has 0 saturated heterocycles. The molecule has 0 atom stereocenters. The van der Waals surface area contributed by atoms with E-state index in [1.54, 1.807) is 6.92 Å². The monoisotopic (exact) mass is 1260 g/mol. The first kappa shape index (κ1) is 84.2. The maximum atomic E-state index is 11.2. The van der Waals surface area contributed by atoms with Crippen LogP contribution in [0.3, 0.4) is 0 Å². The Morgan fingerprint density at radius 1 is 0.198 bits per heavy atom. The maximum Gasteiger partial charge on any atom is 0.333 e. The van der Waals surface area contributed by atoms with Crippen LogP contribution in [0.5, 0.6) is 0 Å². The van der Waals surface area contributed by atoms with Crippen LogP contribution in [0, 0.1) is 0 Å². The number of unbranched alkanes of at least 4 members (excludes halogenated alkanes) is 2. The zero-order valence-electron chi connectivity index (χ0n) is 52.9. The van der Waals surface area contributed by atoms with Gasteiger partial charge in [-0.1, -0.05) is 26.3 Å². The summed E-state index contributed by atoms with van der Waals surface area (Å²) >= 11 is 0. The smallest absolute Gasteiger partial charge is 0.333 e. The fourth-order valence-corrected chi connectivity index (χ4v) is 6.15. The third-order valence-electron chi connectivity index (χ3n) is 10.6. The van der Waals surface area contributed by atoms with E-state index in [0.29, 0.717) is 329 Å². The van der Waals surface area contributed by atoms with Crippen molar-refractivity contribution in [2.24, 2.45) is 0 Å². The lowest BCUT2D eigenvalue weighted by atomic mass is 10.3. The fourth-order valence-electron chi connectivity index (χ4n) is 6.15. The third kappa shape index (κ3) is 78.3. The quantitative estimate of drug-likeness (QED) is 0.0482. The van der Waals surface area contributed by atoms with Crippen LogP contribution in [-0.4, -0.2) is 343 Å². The Labute approximate surface area is 514 Å². The second-order valence-corrected chi connectivity index (χ2v) is 17.9. The predicted octanol–water partition coefficient (Wildman–Crippen LogP) is 2.71. The molecule has 0 unspecified atom stereocenters. The predicted molar refractivity (Wildman–Crippen MR) is 316 cm³/mol. The number of rotatable bonds is 80. The first-order valence-corrected chi connectivity index (χ1v) is 30.9. The van der Waals surface area contributed by atoms with E-state index in [2.05, 4.69) is 13.5 Å². The van der Waals surface area contributed by atoms with Crippen molar-refractivity contribution in [3.05, 3.63) is 12.2 Å². The summed E-state index contributed by atoms with van der Waals surface area (Å²) in [4.78, 5) is 11.2. The number of carbonyl (C=O) groups is 1. The van der Waals surface area contributed by atoms with Crippen molar-refractivity contribution in [3.8, 4) is 0 Å². The van der Waals surface area contributed by atoms with Crippen molar-refractivity contribution in [3.63, 3.8) is 0 Å². The molecular weight excluding hydrogens is 1140 g/mol. The van der Waals surface area contributed by atoms with Crippen molar-refractivity contribution in [2.45, 2.75) is 33.1 Å². The molecule has 0 aliphatic heterocycles. The van der Waals surface area contributed by atoms with Gasteiger partial charge in [0, 0.05) is 12.2 Å². The van der Waals surface area contributed by atoms with Gasteiger partial charge in [0.25, 0.3) is 0 Å². The van der Waals surface area contributed by atoms with Gasteiger partial charge in [-0.25, -0.2) is 4.79 Å². The first-order valence-electron chi connectivity index (χ1n) is 30.9. The Morgan fingerprint density at radius 2 is 0.314 bits per heavy atom. The highest BCUT2D eigenvalue weighted by Gasteiger charge is 2.03. The lowest BCUT2D eigenvalue weighted by molar-refractivity contribution is -0.140. The minimum atomic E-state index is -0.419. The highest BCUT2D eigenvalue weighted by Crippen LogP contribution is 1.96. The van der Waals surface area contributed by atoms with Crippen molar-refractivity contribution in [2.75, 3.05) is 337 Å². The van der Waals surface area contributed by atoms with Gasteiger partial charge in [-0.15, -0.1) is 0 Å². The Kier molecular flexibility index (Phi) is 77.7. The van der Waals surface area contributed by atoms with E-state index >= 15 is 0 Å². The number of hydrogen-bond donors (Lipinski definition) is 0. The molecule has 0 saturated carbocycles. The van der Waals surface area contributed by atoms with Crippen LogP contribution >= 0.6 is 0 Å². The molecule has 0 bridgehead atoms. The Morgan fingerprint density at radius 3 is 0.430 bits per heavy atom. The molecule has 0 rings (SSSR count). The third-order valence-corrected chi connectivity index (χ3v) is 10.6. The molecule has 27 heteroatoms. The molecule has 0 amide bonds. The van der Waals surface area contributed by atoms with E-state index in [4.69, 9.17) is 123 Å². The normalized spacial score (nSPS) is 11.7. The highest BCUT2D eigenvalue weighted by molar-refractivity contribution is 5.86. The SMILES string of the molecule is C=C(C)C(=O)OCCOCCOCCOCCOCCOCCOCCOCCOCCOCCOCCOCCOCCOCCOCCOCCOCCOCCOCCOCCOCCOCCOCCOCCOCCOCCCCC. The lowest BCUT2D eigenvalue weighted by Crippen LogP contribution is -2.16. The summed E-state index contributed by atoms with van der Waals surface area (Å²) in [7, 11) is 0. The summed E-state index contributed by atoms with van der Waals surface area (Å²) in [5.74, 6) is -0.419. The summed E-state index contributed by atoms with van der Waals surface area (Å²) in [6.07, 6.45) is 3.52. The zero-order chi connectivity index (χ0) is 61.7. The van der Waals surface area contributed by atoms with E-state index in [1.807, 2.05) is 0 Å². The molecule has 0 radical (unpaired) electrons. The summed E-state index contributed by atoms with van der Waals surface area (Å²) < 4.78 is 142. The van der Waals surface area contributed by atoms with Crippen LogP contribution in [0.1, 0.15) is 33.1 Å². The summed E-state index contributed by atoms with van der Waals surface area (Å²) in [6, 6.07) is 0. The van der Waals surface area contributed by atoms with E-state index in [1.165, 1.54) is 12.8 Å². The molecule has 0 spiro atoms. The molecule has 0 fully saturated rings. The van der Waals surface area contributed by atoms with Crippen molar-refractivity contribution >= 4 is 5.97 Å². The van der Waals surface area contributed by atoms with Gasteiger partial charge in [-0.2, -0.15) is 0 Å². The number of ether oxygens (including phenoxy) is 26. The van der Waals surface area contributed by atoms with Gasteiger partial charge in [-0.3, -0.25) is 0 Å². The van der Waals surface area contributed by atoms with E-state index < -0.39 is 5.97 Å². The van der Waals surface area contributed by atoms with Crippen molar-refractivity contribution < 1.29 is 128 Å². The summed E-state index contributed by atoms with van der Waals surface area (Å²) in [6.45, 7) is 32.2. The van der Waals surface area contributed by atoms with Crippen LogP contribution in [0.25, 0.3) is 0 Å². The second kappa shape index (κ2) is 79.3. The molecule has 86 heavy (non-hydrogen) atoms.